The lowest BCUT2D eigenvalue weighted by Gasteiger charge is -2.06. The van der Waals surface area contributed by atoms with Crippen molar-refractivity contribution >= 4 is 35.2 Å². The van der Waals surface area contributed by atoms with E-state index in [0.717, 1.165) is 22.9 Å². The van der Waals surface area contributed by atoms with Gasteiger partial charge in [0.25, 0.3) is 5.22 Å². The number of carbonyl (C=O) groups excluding carboxylic acids is 2. The number of rotatable bonds is 10. The number of carbonyl (C=O) groups is 2. The zero-order chi connectivity index (χ0) is 22.1. The Bertz CT molecular complexity index is 1010. The van der Waals surface area contributed by atoms with Crippen LogP contribution in [-0.4, -0.2) is 41.0 Å². The highest BCUT2D eigenvalue weighted by Gasteiger charge is 2.12. The third-order valence-corrected chi connectivity index (χ3v) is 5.30. The summed E-state index contributed by atoms with van der Waals surface area (Å²) in [6, 6.07) is 15.1. The lowest BCUT2D eigenvalue weighted by Crippen LogP contribution is -2.28. The molecule has 1 aromatic heterocycles. The zero-order valence-corrected chi connectivity index (χ0v) is 18.5. The highest BCUT2D eigenvalue weighted by atomic mass is 35.5. The second-order valence-electron chi connectivity index (χ2n) is 6.72. The van der Waals surface area contributed by atoms with Crippen LogP contribution in [0.15, 0.2) is 58.2 Å². The second-order valence-corrected chi connectivity index (χ2v) is 8.09. The standard InChI is InChI=1S/C22H22ClN3O4S/c1-15-2-4-16(5-3-15)6-11-19(27)24-12-13-29-20(28)14-31-22-26-25-21(30-22)17-7-9-18(23)10-8-17/h2-5,7-10H,6,11-14H2,1H3,(H,24,27). The molecule has 0 unspecified atom stereocenters. The van der Waals surface area contributed by atoms with Crippen molar-refractivity contribution in [3.8, 4) is 11.5 Å². The number of benzene rings is 2. The summed E-state index contributed by atoms with van der Waals surface area (Å²) in [5.41, 5.74) is 3.04. The molecule has 0 aliphatic carbocycles. The first-order chi connectivity index (χ1) is 15.0. The Morgan fingerprint density at radius 2 is 1.84 bits per heavy atom. The molecule has 2 aromatic carbocycles. The number of hydrogen-bond donors (Lipinski definition) is 1. The third-order valence-electron chi connectivity index (χ3n) is 4.26. The van der Waals surface area contributed by atoms with Gasteiger partial charge in [-0.3, -0.25) is 9.59 Å². The molecule has 0 bridgehead atoms. The maximum atomic E-state index is 11.9. The van der Waals surface area contributed by atoms with Crippen molar-refractivity contribution in [2.45, 2.75) is 25.0 Å². The Morgan fingerprint density at radius 1 is 1.10 bits per heavy atom. The Morgan fingerprint density at radius 3 is 2.58 bits per heavy atom. The molecule has 0 aliphatic heterocycles. The summed E-state index contributed by atoms with van der Waals surface area (Å²) in [6.07, 6.45) is 1.06. The summed E-state index contributed by atoms with van der Waals surface area (Å²) >= 11 is 6.95. The Labute approximate surface area is 189 Å². The van der Waals surface area contributed by atoms with E-state index in [4.69, 9.17) is 20.8 Å². The first kappa shape index (κ1) is 22.8. The molecule has 0 saturated carbocycles. The van der Waals surface area contributed by atoms with Gasteiger partial charge in [0, 0.05) is 17.0 Å². The van der Waals surface area contributed by atoms with Gasteiger partial charge in [-0.15, -0.1) is 10.2 Å². The first-order valence-corrected chi connectivity index (χ1v) is 11.1. The van der Waals surface area contributed by atoms with E-state index in [-0.39, 0.29) is 30.0 Å². The lowest BCUT2D eigenvalue weighted by molar-refractivity contribution is -0.140. The van der Waals surface area contributed by atoms with E-state index < -0.39 is 5.97 Å². The predicted molar refractivity (Wildman–Crippen MR) is 119 cm³/mol. The molecule has 1 amide bonds. The van der Waals surface area contributed by atoms with Crippen molar-refractivity contribution < 1.29 is 18.7 Å². The normalized spacial score (nSPS) is 10.6. The molecule has 0 radical (unpaired) electrons. The molecule has 3 aromatic rings. The van der Waals surface area contributed by atoms with Crippen LogP contribution in [0.3, 0.4) is 0 Å². The number of aromatic nitrogens is 2. The largest absolute Gasteiger partial charge is 0.463 e. The van der Waals surface area contributed by atoms with Gasteiger partial charge < -0.3 is 14.5 Å². The van der Waals surface area contributed by atoms with Crippen molar-refractivity contribution in [1.29, 1.82) is 0 Å². The molecule has 1 N–H and O–H groups in total. The summed E-state index contributed by atoms with van der Waals surface area (Å²) in [7, 11) is 0. The minimum Gasteiger partial charge on any atom is -0.463 e. The van der Waals surface area contributed by atoms with E-state index in [0.29, 0.717) is 23.8 Å². The summed E-state index contributed by atoms with van der Waals surface area (Å²) in [5, 5.41) is 11.5. The Kier molecular flexibility index (Phi) is 8.49. The molecular weight excluding hydrogens is 438 g/mol. The number of thioether (sulfide) groups is 1. The van der Waals surface area contributed by atoms with Gasteiger partial charge in [0.2, 0.25) is 11.8 Å². The molecule has 0 spiro atoms. The molecule has 31 heavy (non-hydrogen) atoms. The molecule has 7 nitrogen and oxygen atoms in total. The van der Waals surface area contributed by atoms with E-state index >= 15 is 0 Å². The van der Waals surface area contributed by atoms with Crippen molar-refractivity contribution in [2.75, 3.05) is 18.9 Å². The van der Waals surface area contributed by atoms with Gasteiger partial charge in [0.15, 0.2) is 0 Å². The van der Waals surface area contributed by atoms with Crippen LogP contribution < -0.4 is 5.32 Å². The lowest BCUT2D eigenvalue weighted by atomic mass is 10.1. The van der Waals surface area contributed by atoms with Crippen LogP contribution in [0, 0.1) is 6.92 Å². The molecule has 1 heterocycles. The number of esters is 1. The molecule has 162 valence electrons. The van der Waals surface area contributed by atoms with E-state index in [2.05, 4.69) is 15.5 Å². The molecule has 0 fully saturated rings. The molecule has 0 saturated heterocycles. The van der Waals surface area contributed by atoms with Gasteiger partial charge in [0.1, 0.15) is 12.4 Å². The summed E-state index contributed by atoms with van der Waals surface area (Å²) < 4.78 is 10.6. The van der Waals surface area contributed by atoms with Gasteiger partial charge >= 0.3 is 5.97 Å². The van der Waals surface area contributed by atoms with Gasteiger partial charge in [-0.1, -0.05) is 53.2 Å². The Balaban J connectivity index is 1.29. The summed E-state index contributed by atoms with van der Waals surface area (Å²) in [6.45, 7) is 2.40. The molecule has 0 aliphatic rings. The van der Waals surface area contributed by atoms with Crippen molar-refractivity contribution in [3.05, 3.63) is 64.7 Å². The van der Waals surface area contributed by atoms with E-state index in [9.17, 15) is 9.59 Å². The molecule has 0 atom stereocenters. The fourth-order valence-electron chi connectivity index (χ4n) is 2.60. The van der Waals surface area contributed by atoms with Gasteiger partial charge in [-0.05, 0) is 43.2 Å². The fourth-order valence-corrected chi connectivity index (χ4v) is 3.28. The molecule has 3 rings (SSSR count). The van der Waals surface area contributed by atoms with Gasteiger partial charge in [-0.2, -0.15) is 0 Å². The number of amides is 1. The SMILES string of the molecule is Cc1ccc(CCC(=O)NCCOC(=O)CSc2nnc(-c3ccc(Cl)cc3)o2)cc1. The number of hydrogen-bond acceptors (Lipinski definition) is 7. The predicted octanol–water partition coefficient (Wildman–Crippen LogP) is 4.08. The number of nitrogens with one attached hydrogen (secondary N) is 1. The van der Waals surface area contributed by atoms with Gasteiger partial charge in [0.05, 0.1) is 6.54 Å². The minimum atomic E-state index is -0.426. The van der Waals surface area contributed by atoms with Crippen LogP contribution in [0.5, 0.6) is 0 Å². The van der Waals surface area contributed by atoms with Crippen LogP contribution in [-0.2, 0) is 20.7 Å². The molecule has 9 heteroatoms. The summed E-state index contributed by atoms with van der Waals surface area (Å²) in [5.74, 6) is -0.124. The quantitative estimate of drug-likeness (QED) is 0.277. The Hall–Kier alpha value is -2.84. The third kappa shape index (κ3) is 7.73. The zero-order valence-electron chi connectivity index (χ0n) is 17.0. The van der Waals surface area contributed by atoms with E-state index in [1.165, 1.54) is 5.56 Å². The second kappa shape index (κ2) is 11.5. The topological polar surface area (TPSA) is 94.3 Å². The number of ether oxygens (including phenoxy) is 1. The number of nitrogens with zero attached hydrogens (tertiary/aromatic N) is 2. The highest BCUT2D eigenvalue weighted by Crippen LogP contribution is 2.24. The van der Waals surface area contributed by atoms with Crippen LogP contribution in [0.25, 0.3) is 11.5 Å². The van der Waals surface area contributed by atoms with Crippen molar-refractivity contribution in [2.24, 2.45) is 0 Å². The van der Waals surface area contributed by atoms with E-state index in [1.54, 1.807) is 24.3 Å². The first-order valence-electron chi connectivity index (χ1n) is 9.70. The van der Waals surface area contributed by atoms with Gasteiger partial charge in [-0.25, -0.2) is 0 Å². The molecular formula is C22H22ClN3O4S. The maximum absolute atomic E-state index is 11.9. The minimum absolute atomic E-state index is 0.0314. The average molecular weight is 460 g/mol. The summed E-state index contributed by atoms with van der Waals surface area (Å²) in [4.78, 5) is 23.7. The van der Waals surface area contributed by atoms with Crippen LogP contribution in [0.2, 0.25) is 5.02 Å². The van der Waals surface area contributed by atoms with Crippen LogP contribution >= 0.6 is 23.4 Å². The average Bonchev–Trinajstić information content (AvgIpc) is 3.24. The fraction of sp³-hybridized carbons (Fsp3) is 0.273. The van der Waals surface area contributed by atoms with Crippen molar-refractivity contribution in [3.63, 3.8) is 0 Å². The van der Waals surface area contributed by atoms with Crippen LogP contribution in [0.1, 0.15) is 17.5 Å². The smallest absolute Gasteiger partial charge is 0.316 e. The number of halogens is 1. The van der Waals surface area contributed by atoms with Crippen LogP contribution in [0.4, 0.5) is 0 Å². The maximum Gasteiger partial charge on any atom is 0.316 e. The van der Waals surface area contributed by atoms with Crippen molar-refractivity contribution in [1.82, 2.24) is 15.5 Å². The monoisotopic (exact) mass is 459 g/mol. The van der Waals surface area contributed by atoms with E-state index in [1.807, 2.05) is 31.2 Å². The number of aryl methyl sites for hydroxylation is 2. The highest BCUT2D eigenvalue weighted by molar-refractivity contribution is 7.99.